The Morgan fingerprint density at radius 2 is 2.32 bits per heavy atom. The van der Waals surface area contributed by atoms with E-state index in [4.69, 9.17) is 15.6 Å². The molecule has 0 unspecified atom stereocenters. The van der Waals surface area contributed by atoms with Crippen molar-refractivity contribution in [2.24, 2.45) is 0 Å². The minimum absolute atomic E-state index is 0.0421. The van der Waals surface area contributed by atoms with E-state index in [1.807, 2.05) is 11.5 Å². The number of hydrogen-bond donors (Lipinski definition) is 2. The summed E-state index contributed by atoms with van der Waals surface area (Å²) in [6.45, 7) is 2.02. The summed E-state index contributed by atoms with van der Waals surface area (Å²) in [4.78, 5) is 12.9. The van der Waals surface area contributed by atoms with Gasteiger partial charge in [-0.05, 0) is 12.8 Å². The maximum Gasteiger partial charge on any atom is 0.167 e. The van der Waals surface area contributed by atoms with Gasteiger partial charge in [0.25, 0.3) is 0 Å². The lowest BCUT2D eigenvalue weighted by atomic mass is 10.2. The lowest BCUT2D eigenvalue weighted by Gasteiger charge is -2.14. The highest BCUT2D eigenvalue weighted by atomic mass is 16.5. The molecule has 1 aliphatic rings. The molecule has 0 spiro atoms. The molecule has 102 valence electrons. The maximum atomic E-state index is 9.13. The summed E-state index contributed by atoms with van der Waals surface area (Å²) in [5, 5.41) is 9.13. The standard InChI is InChI=1S/C12H17N5O2/c1-2-8-15-11(13)10-12(16-8)17(6-14-10)9-4-3-7(5-18)19-9/h6-7,9,18H,2-5H2,1H3,(H2,13,15,16)/t7-,9+/m0/s1. The van der Waals surface area contributed by atoms with Crippen LogP contribution in [0.3, 0.4) is 0 Å². The second-order valence-electron chi connectivity index (χ2n) is 4.68. The largest absolute Gasteiger partial charge is 0.394 e. The van der Waals surface area contributed by atoms with E-state index in [0.29, 0.717) is 22.8 Å². The molecule has 0 bridgehead atoms. The molecular weight excluding hydrogens is 246 g/mol. The maximum absolute atomic E-state index is 9.13. The smallest absolute Gasteiger partial charge is 0.167 e. The molecule has 3 rings (SSSR count). The van der Waals surface area contributed by atoms with E-state index in [1.165, 1.54) is 0 Å². The predicted molar refractivity (Wildman–Crippen MR) is 69.3 cm³/mol. The molecule has 0 aliphatic carbocycles. The van der Waals surface area contributed by atoms with Crippen LogP contribution in [0.5, 0.6) is 0 Å². The minimum atomic E-state index is -0.138. The van der Waals surface area contributed by atoms with Crippen molar-refractivity contribution >= 4 is 17.0 Å². The first-order valence-electron chi connectivity index (χ1n) is 6.48. The molecule has 0 aromatic carbocycles. The Labute approximate surface area is 110 Å². The van der Waals surface area contributed by atoms with Crippen LogP contribution < -0.4 is 5.73 Å². The zero-order valence-electron chi connectivity index (χ0n) is 10.8. The van der Waals surface area contributed by atoms with E-state index in [-0.39, 0.29) is 18.9 Å². The Hall–Kier alpha value is -1.73. The Kier molecular flexibility index (Phi) is 3.08. The molecule has 0 amide bonds. The monoisotopic (exact) mass is 263 g/mol. The molecule has 1 aliphatic heterocycles. The molecule has 3 heterocycles. The fourth-order valence-corrected chi connectivity index (χ4v) is 2.38. The van der Waals surface area contributed by atoms with Crippen molar-refractivity contribution < 1.29 is 9.84 Å². The zero-order chi connectivity index (χ0) is 13.4. The predicted octanol–water partition coefficient (Wildman–Crippen LogP) is 0.641. The number of aliphatic hydroxyl groups excluding tert-OH is 1. The van der Waals surface area contributed by atoms with Gasteiger partial charge in [-0.3, -0.25) is 4.57 Å². The second-order valence-corrected chi connectivity index (χ2v) is 4.68. The van der Waals surface area contributed by atoms with E-state index in [1.54, 1.807) is 6.33 Å². The van der Waals surface area contributed by atoms with E-state index in [0.717, 1.165) is 19.3 Å². The Bertz CT molecular complexity index is 597. The number of nitrogen functional groups attached to an aromatic ring is 1. The van der Waals surface area contributed by atoms with Crippen LogP contribution in [-0.4, -0.2) is 37.3 Å². The summed E-state index contributed by atoms with van der Waals surface area (Å²) < 4.78 is 7.63. The number of imidazole rings is 1. The van der Waals surface area contributed by atoms with E-state index in [9.17, 15) is 0 Å². The number of rotatable bonds is 3. The summed E-state index contributed by atoms with van der Waals surface area (Å²) in [7, 11) is 0. The van der Waals surface area contributed by atoms with Crippen molar-refractivity contribution in [1.29, 1.82) is 0 Å². The van der Waals surface area contributed by atoms with Gasteiger partial charge in [0.15, 0.2) is 11.5 Å². The van der Waals surface area contributed by atoms with Gasteiger partial charge >= 0.3 is 0 Å². The van der Waals surface area contributed by atoms with Crippen LogP contribution >= 0.6 is 0 Å². The molecule has 2 atom stereocenters. The van der Waals surface area contributed by atoms with Crippen LogP contribution in [0.2, 0.25) is 0 Å². The highest BCUT2D eigenvalue weighted by molar-refractivity contribution is 5.81. The van der Waals surface area contributed by atoms with E-state index < -0.39 is 0 Å². The van der Waals surface area contributed by atoms with Gasteiger partial charge in [-0.15, -0.1) is 0 Å². The van der Waals surface area contributed by atoms with Crippen LogP contribution in [0.25, 0.3) is 11.2 Å². The Balaban J connectivity index is 2.02. The number of aliphatic hydroxyl groups is 1. The highest BCUT2D eigenvalue weighted by Crippen LogP contribution is 2.30. The molecule has 2 aromatic rings. The van der Waals surface area contributed by atoms with Gasteiger partial charge in [0.05, 0.1) is 19.0 Å². The van der Waals surface area contributed by atoms with Crippen molar-refractivity contribution in [3.05, 3.63) is 12.2 Å². The third-order valence-electron chi connectivity index (χ3n) is 3.41. The first-order valence-corrected chi connectivity index (χ1v) is 6.48. The minimum Gasteiger partial charge on any atom is -0.394 e. The summed E-state index contributed by atoms with van der Waals surface area (Å²) in [5.41, 5.74) is 7.20. The quantitative estimate of drug-likeness (QED) is 0.843. The first kappa shape index (κ1) is 12.3. The summed E-state index contributed by atoms with van der Waals surface area (Å²) >= 11 is 0. The molecule has 1 fully saturated rings. The Morgan fingerprint density at radius 3 is 3.00 bits per heavy atom. The average Bonchev–Trinajstić information content (AvgIpc) is 3.04. The molecule has 1 saturated heterocycles. The van der Waals surface area contributed by atoms with Crippen LogP contribution in [0.4, 0.5) is 5.82 Å². The van der Waals surface area contributed by atoms with Gasteiger partial charge in [-0.25, -0.2) is 15.0 Å². The van der Waals surface area contributed by atoms with Gasteiger partial charge in [0, 0.05) is 6.42 Å². The fraction of sp³-hybridized carbons (Fsp3) is 0.583. The lowest BCUT2D eigenvalue weighted by molar-refractivity contribution is -0.0207. The van der Waals surface area contributed by atoms with Gasteiger partial charge in [-0.1, -0.05) is 6.92 Å². The van der Waals surface area contributed by atoms with Gasteiger partial charge < -0.3 is 15.6 Å². The van der Waals surface area contributed by atoms with Crippen molar-refractivity contribution in [2.75, 3.05) is 12.3 Å². The first-order chi connectivity index (χ1) is 9.22. The molecule has 7 heteroatoms. The molecule has 19 heavy (non-hydrogen) atoms. The topological polar surface area (TPSA) is 99.1 Å². The molecule has 7 nitrogen and oxygen atoms in total. The second kappa shape index (κ2) is 4.75. The fourth-order valence-electron chi connectivity index (χ4n) is 2.38. The van der Waals surface area contributed by atoms with Gasteiger partial charge in [-0.2, -0.15) is 0 Å². The number of aryl methyl sites for hydroxylation is 1. The zero-order valence-corrected chi connectivity index (χ0v) is 10.8. The number of nitrogens with zero attached hydrogens (tertiary/aromatic N) is 4. The number of aromatic nitrogens is 4. The average molecular weight is 263 g/mol. The van der Waals surface area contributed by atoms with Crippen molar-refractivity contribution in [1.82, 2.24) is 19.5 Å². The number of ether oxygens (including phenoxy) is 1. The molecular formula is C12H17N5O2. The molecule has 0 saturated carbocycles. The van der Waals surface area contributed by atoms with Crippen molar-refractivity contribution in [3.8, 4) is 0 Å². The van der Waals surface area contributed by atoms with Crippen LogP contribution in [0.1, 0.15) is 31.8 Å². The van der Waals surface area contributed by atoms with E-state index >= 15 is 0 Å². The Morgan fingerprint density at radius 1 is 1.47 bits per heavy atom. The van der Waals surface area contributed by atoms with Crippen molar-refractivity contribution in [2.45, 2.75) is 38.5 Å². The SMILES string of the molecule is CCc1nc(N)c2ncn([C@H]3CC[C@@H](CO)O3)c2n1. The number of fused-ring (bicyclic) bond motifs is 1. The number of hydrogen-bond acceptors (Lipinski definition) is 6. The van der Waals surface area contributed by atoms with Gasteiger partial charge in [0.2, 0.25) is 0 Å². The summed E-state index contributed by atoms with van der Waals surface area (Å²) in [5.74, 6) is 1.10. The number of anilines is 1. The van der Waals surface area contributed by atoms with Crippen molar-refractivity contribution in [3.63, 3.8) is 0 Å². The van der Waals surface area contributed by atoms with Crippen LogP contribution in [0.15, 0.2) is 6.33 Å². The summed E-state index contributed by atoms with van der Waals surface area (Å²) in [6, 6.07) is 0. The highest BCUT2D eigenvalue weighted by Gasteiger charge is 2.27. The van der Waals surface area contributed by atoms with Gasteiger partial charge in [0.1, 0.15) is 17.6 Å². The number of nitrogens with two attached hydrogens (primary N) is 1. The third-order valence-corrected chi connectivity index (χ3v) is 3.41. The van der Waals surface area contributed by atoms with Crippen LogP contribution in [-0.2, 0) is 11.2 Å². The molecule has 0 radical (unpaired) electrons. The third kappa shape index (κ3) is 2.04. The molecule has 2 aromatic heterocycles. The van der Waals surface area contributed by atoms with Crippen LogP contribution in [0, 0.1) is 0 Å². The summed E-state index contributed by atoms with van der Waals surface area (Å²) in [6.07, 6.45) is 3.83. The lowest BCUT2D eigenvalue weighted by Crippen LogP contribution is -2.14. The molecule has 3 N–H and O–H groups in total. The van der Waals surface area contributed by atoms with E-state index in [2.05, 4.69) is 15.0 Å². The normalized spacial score (nSPS) is 23.3.